The third kappa shape index (κ3) is 3.50. The first kappa shape index (κ1) is 14.4. The van der Waals surface area contributed by atoms with E-state index in [0.29, 0.717) is 12.1 Å². The maximum Gasteiger partial charge on any atom is 0.0254 e. The summed E-state index contributed by atoms with van der Waals surface area (Å²) in [6, 6.07) is 5.50. The van der Waals surface area contributed by atoms with Crippen LogP contribution in [0.25, 0.3) is 0 Å². The highest BCUT2D eigenvalue weighted by Gasteiger charge is 2.29. The van der Waals surface area contributed by atoms with Crippen molar-refractivity contribution in [3.05, 3.63) is 22.4 Å². The monoisotopic (exact) mass is 284 g/mol. The third-order valence-electron chi connectivity index (χ3n) is 4.05. The second-order valence-electron chi connectivity index (χ2n) is 5.22. The van der Waals surface area contributed by atoms with Crippen LogP contribution in [-0.4, -0.2) is 42.1 Å². The van der Waals surface area contributed by atoms with E-state index in [1.807, 2.05) is 11.3 Å². The number of hydrogen-bond acceptors (Lipinski definition) is 4. The van der Waals surface area contributed by atoms with E-state index in [-0.39, 0.29) is 0 Å². The molecule has 3 unspecified atom stereocenters. The van der Waals surface area contributed by atoms with Gasteiger partial charge in [-0.15, -0.1) is 11.3 Å². The van der Waals surface area contributed by atoms with E-state index >= 15 is 0 Å². The molecule has 2 heterocycles. The predicted molar refractivity (Wildman–Crippen MR) is 83.5 cm³/mol. The summed E-state index contributed by atoms with van der Waals surface area (Å²) >= 11 is 3.94. The van der Waals surface area contributed by atoms with Gasteiger partial charge in [0.05, 0.1) is 0 Å². The second-order valence-corrected chi connectivity index (χ2v) is 7.41. The molecule has 2 rings (SSSR count). The molecule has 1 aliphatic rings. The first-order chi connectivity index (χ1) is 8.72. The number of thioether (sulfide) groups is 1. The van der Waals surface area contributed by atoms with Gasteiger partial charge in [0.15, 0.2) is 0 Å². The van der Waals surface area contributed by atoms with Crippen molar-refractivity contribution in [1.82, 2.24) is 4.90 Å². The van der Waals surface area contributed by atoms with E-state index in [1.165, 1.54) is 22.8 Å². The first-order valence-electron chi connectivity index (χ1n) is 6.74. The van der Waals surface area contributed by atoms with Gasteiger partial charge in [-0.2, -0.15) is 11.8 Å². The van der Waals surface area contributed by atoms with Crippen molar-refractivity contribution in [2.75, 3.05) is 25.1 Å². The molecule has 102 valence electrons. The summed E-state index contributed by atoms with van der Waals surface area (Å²) in [5.41, 5.74) is 6.02. The highest BCUT2D eigenvalue weighted by atomic mass is 32.2. The van der Waals surface area contributed by atoms with Crippen LogP contribution >= 0.6 is 23.1 Å². The van der Waals surface area contributed by atoms with E-state index in [9.17, 15) is 0 Å². The maximum absolute atomic E-state index is 6.02. The lowest BCUT2D eigenvalue weighted by atomic mass is 9.96. The normalized spacial score (nSPS) is 23.4. The highest BCUT2D eigenvalue weighted by molar-refractivity contribution is 7.99. The number of hydrogen-bond donors (Lipinski definition) is 1. The van der Waals surface area contributed by atoms with Crippen molar-refractivity contribution >= 4 is 23.1 Å². The molecule has 18 heavy (non-hydrogen) atoms. The Bertz CT molecular complexity index is 334. The van der Waals surface area contributed by atoms with Crippen LogP contribution in [0.15, 0.2) is 17.5 Å². The van der Waals surface area contributed by atoms with E-state index in [2.05, 4.69) is 48.1 Å². The highest BCUT2D eigenvalue weighted by Crippen LogP contribution is 2.29. The Morgan fingerprint density at radius 2 is 2.39 bits per heavy atom. The zero-order valence-corrected chi connectivity index (χ0v) is 13.0. The topological polar surface area (TPSA) is 29.3 Å². The van der Waals surface area contributed by atoms with Crippen LogP contribution in [-0.2, 0) is 6.42 Å². The smallest absolute Gasteiger partial charge is 0.0254 e. The molecule has 2 N–H and O–H groups in total. The quantitative estimate of drug-likeness (QED) is 0.871. The van der Waals surface area contributed by atoms with Gasteiger partial charge in [0.25, 0.3) is 0 Å². The van der Waals surface area contributed by atoms with Crippen molar-refractivity contribution in [2.45, 2.75) is 31.8 Å². The number of rotatable bonds is 6. The molecular formula is C14H24N2S2. The number of nitrogens with two attached hydrogens (primary N) is 1. The maximum atomic E-state index is 6.02. The molecule has 1 aliphatic heterocycles. The van der Waals surface area contributed by atoms with Gasteiger partial charge < -0.3 is 5.73 Å². The molecule has 0 bridgehead atoms. The van der Waals surface area contributed by atoms with Crippen molar-refractivity contribution in [1.29, 1.82) is 0 Å². The van der Waals surface area contributed by atoms with Crippen LogP contribution in [0.3, 0.4) is 0 Å². The lowest BCUT2D eigenvalue weighted by Gasteiger charge is -2.36. The third-order valence-corrected chi connectivity index (χ3v) is 6.13. The Morgan fingerprint density at radius 1 is 1.56 bits per heavy atom. The van der Waals surface area contributed by atoms with Gasteiger partial charge in [-0.3, -0.25) is 4.90 Å². The minimum Gasteiger partial charge on any atom is -0.329 e. The Kier molecular flexibility index (Phi) is 5.55. The van der Waals surface area contributed by atoms with E-state index in [4.69, 9.17) is 5.73 Å². The summed E-state index contributed by atoms with van der Waals surface area (Å²) in [7, 11) is 2.25. The first-order valence-corrected chi connectivity index (χ1v) is 8.78. The molecule has 1 fully saturated rings. The number of nitrogens with zero attached hydrogens (tertiary/aromatic N) is 1. The minimum atomic E-state index is 0.551. The SMILES string of the molecule is CC(Cc1cccs1)N(C)C(CN)C1CCSC1. The van der Waals surface area contributed by atoms with Gasteiger partial charge in [0, 0.05) is 23.5 Å². The zero-order chi connectivity index (χ0) is 13.0. The summed E-state index contributed by atoms with van der Waals surface area (Å²) in [5, 5.41) is 2.16. The lowest BCUT2D eigenvalue weighted by molar-refractivity contribution is 0.145. The zero-order valence-electron chi connectivity index (χ0n) is 11.3. The summed E-state index contributed by atoms with van der Waals surface area (Å²) < 4.78 is 0. The predicted octanol–water partition coefficient (Wildman–Crippen LogP) is 2.69. The largest absolute Gasteiger partial charge is 0.329 e. The van der Waals surface area contributed by atoms with Crippen molar-refractivity contribution < 1.29 is 0 Å². The van der Waals surface area contributed by atoms with Gasteiger partial charge in [0.2, 0.25) is 0 Å². The minimum absolute atomic E-state index is 0.551. The molecule has 0 aliphatic carbocycles. The molecule has 0 spiro atoms. The van der Waals surface area contributed by atoms with Crippen LogP contribution < -0.4 is 5.73 Å². The van der Waals surface area contributed by atoms with Gasteiger partial charge >= 0.3 is 0 Å². The molecule has 4 heteroatoms. The molecule has 0 saturated carbocycles. The molecule has 1 aromatic rings. The van der Waals surface area contributed by atoms with E-state index in [0.717, 1.165) is 18.9 Å². The van der Waals surface area contributed by atoms with Crippen LogP contribution in [0.2, 0.25) is 0 Å². The Morgan fingerprint density at radius 3 is 2.94 bits per heavy atom. The molecular weight excluding hydrogens is 260 g/mol. The number of likely N-dealkylation sites (N-methyl/N-ethyl adjacent to an activating group) is 1. The van der Waals surface area contributed by atoms with E-state index in [1.54, 1.807) is 0 Å². The molecule has 0 amide bonds. The van der Waals surface area contributed by atoms with E-state index < -0.39 is 0 Å². The average molecular weight is 284 g/mol. The van der Waals surface area contributed by atoms with Crippen molar-refractivity contribution in [3.63, 3.8) is 0 Å². The Labute approximate surface area is 119 Å². The standard InChI is InChI=1S/C14H24N2S2/c1-11(8-13-4-3-6-18-13)16(2)14(9-15)12-5-7-17-10-12/h3-4,6,11-12,14H,5,7-10,15H2,1-2H3. The fourth-order valence-electron chi connectivity index (χ4n) is 2.74. The molecule has 0 radical (unpaired) electrons. The molecule has 2 nitrogen and oxygen atoms in total. The summed E-state index contributed by atoms with van der Waals surface area (Å²) in [6.07, 6.45) is 2.48. The van der Waals surface area contributed by atoms with Crippen molar-refractivity contribution in [2.24, 2.45) is 11.7 Å². The average Bonchev–Trinajstić information content (AvgIpc) is 3.02. The molecule has 0 aromatic carbocycles. The van der Waals surface area contributed by atoms with Gasteiger partial charge in [-0.05, 0) is 55.7 Å². The fraction of sp³-hybridized carbons (Fsp3) is 0.714. The van der Waals surface area contributed by atoms with Gasteiger partial charge in [-0.25, -0.2) is 0 Å². The fourth-order valence-corrected chi connectivity index (χ4v) is 4.89. The Hall–Kier alpha value is -0.0300. The number of thiophene rings is 1. The van der Waals surface area contributed by atoms with Gasteiger partial charge in [0.1, 0.15) is 0 Å². The molecule has 1 saturated heterocycles. The van der Waals surface area contributed by atoms with Crippen LogP contribution in [0, 0.1) is 5.92 Å². The molecule has 1 aromatic heterocycles. The van der Waals surface area contributed by atoms with Crippen LogP contribution in [0.1, 0.15) is 18.2 Å². The Balaban J connectivity index is 1.92. The molecule has 3 atom stereocenters. The van der Waals surface area contributed by atoms with Crippen LogP contribution in [0.5, 0.6) is 0 Å². The second kappa shape index (κ2) is 6.94. The summed E-state index contributed by atoms with van der Waals surface area (Å²) in [4.78, 5) is 3.99. The lowest BCUT2D eigenvalue weighted by Crippen LogP contribution is -2.48. The summed E-state index contributed by atoms with van der Waals surface area (Å²) in [6.45, 7) is 3.11. The van der Waals surface area contributed by atoms with Gasteiger partial charge in [-0.1, -0.05) is 6.07 Å². The van der Waals surface area contributed by atoms with Crippen LogP contribution in [0.4, 0.5) is 0 Å². The van der Waals surface area contributed by atoms with Crippen molar-refractivity contribution in [3.8, 4) is 0 Å². The summed E-state index contributed by atoms with van der Waals surface area (Å²) in [5.74, 6) is 3.39.